The van der Waals surface area contributed by atoms with E-state index in [2.05, 4.69) is 9.97 Å². The van der Waals surface area contributed by atoms with Gasteiger partial charge in [0.1, 0.15) is 11.6 Å². The Balaban J connectivity index is 2.72. The lowest BCUT2D eigenvalue weighted by molar-refractivity contribution is 0.630. The molecule has 0 bridgehead atoms. The molecule has 82 valence electrons. The number of rotatable bonds is 1. The number of hydrogen-bond donors (Lipinski definition) is 1. The molecule has 5 heteroatoms. The van der Waals surface area contributed by atoms with Gasteiger partial charge in [-0.05, 0) is 19.1 Å². The maximum Gasteiger partial charge on any atom is 0.251 e. The molecule has 0 aliphatic heterocycles. The fourth-order valence-electron chi connectivity index (χ4n) is 1.45. The van der Waals surface area contributed by atoms with E-state index in [0.29, 0.717) is 5.82 Å². The van der Waals surface area contributed by atoms with Crippen LogP contribution < -0.4 is 5.56 Å². The molecule has 0 atom stereocenters. The van der Waals surface area contributed by atoms with Gasteiger partial charge < -0.3 is 4.98 Å². The summed E-state index contributed by atoms with van der Waals surface area (Å²) >= 11 is 5.88. The summed E-state index contributed by atoms with van der Waals surface area (Å²) in [6.45, 7) is 1.62. The molecule has 0 unspecified atom stereocenters. The van der Waals surface area contributed by atoms with Gasteiger partial charge in [0.15, 0.2) is 0 Å². The molecule has 1 aromatic carbocycles. The van der Waals surface area contributed by atoms with Crippen molar-refractivity contribution in [3.63, 3.8) is 0 Å². The zero-order chi connectivity index (χ0) is 11.7. The van der Waals surface area contributed by atoms with Crippen LogP contribution in [-0.2, 0) is 0 Å². The van der Waals surface area contributed by atoms with Crippen LogP contribution in [0.15, 0.2) is 29.1 Å². The Morgan fingerprint density at radius 1 is 1.44 bits per heavy atom. The minimum atomic E-state index is -0.495. The topological polar surface area (TPSA) is 45.8 Å². The Morgan fingerprint density at radius 2 is 2.19 bits per heavy atom. The Bertz CT molecular complexity index is 575. The second kappa shape index (κ2) is 4.06. The molecular formula is C11H8ClFN2O. The number of hydrogen-bond acceptors (Lipinski definition) is 2. The summed E-state index contributed by atoms with van der Waals surface area (Å²) in [5.41, 5.74) is 0.0598. The predicted molar refractivity (Wildman–Crippen MR) is 60.0 cm³/mol. The Labute approximate surface area is 95.9 Å². The zero-order valence-electron chi connectivity index (χ0n) is 8.42. The second-order valence-corrected chi connectivity index (χ2v) is 3.72. The van der Waals surface area contributed by atoms with Gasteiger partial charge in [0.05, 0.1) is 16.3 Å². The largest absolute Gasteiger partial charge is 0.311 e. The van der Waals surface area contributed by atoms with Crippen LogP contribution in [0.3, 0.4) is 0 Å². The third-order valence-corrected chi connectivity index (χ3v) is 2.39. The van der Waals surface area contributed by atoms with Gasteiger partial charge in [-0.25, -0.2) is 9.37 Å². The predicted octanol–water partition coefficient (Wildman–Crippen LogP) is 2.54. The first-order valence-electron chi connectivity index (χ1n) is 4.60. The number of benzene rings is 1. The number of nitrogens with zero attached hydrogens (tertiary/aromatic N) is 1. The second-order valence-electron chi connectivity index (χ2n) is 3.31. The summed E-state index contributed by atoms with van der Waals surface area (Å²) < 4.78 is 13.6. The monoisotopic (exact) mass is 238 g/mol. The van der Waals surface area contributed by atoms with Crippen molar-refractivity contribution in [2.75, 3.05) is 0 Å². The summed E-state index contributed by atoms with van der Waals surface area (Å²) in [4.78, 5) is 17.8. The third-order valence-electron chi connectivity index (χ3n) is 2.08. The van der Waals surface area contributed by atoms with Crippen LogP contribution in [0.5, 0.6) is 0 Å². The average Bonchev–Trinajstić information content (AvgIpc) is 2.15. The lowest BCUT2D eigenvalue weighted by Crippen LogP contribution is -2.09. The highest BCUT2D eigenvalue weighted by molar-refractivity contribution is 6.33. The molecule has 3 nitrogen and oxygen atoms in total. The molecule has 0 fully saturated rings. The molecule has 1 heterocycles. The molecular weight excluding hydrogens is 231 g/mol. The highest BCUT2D eigenvalue weighted by atomic mass is 35.5. The van der Waals surface area contributed by atoms with Crippen molar-refractivity contribution in [2.45, 2.75) is 6.92 Å². The molecule has 2 aromatic rings. The first-order valence-corrected chi connectivity index (χ1v) is 4.98. The van der Waals surface area contributed by atoms with Crippen LogP contribution in [0, 0.1) is 12.7 Å². The SMILES string of the molecule is Cc1nc(-c2c(F)cccc2Cl)cc(=O)[nH]1. The van der Waals surface area contributed by atoms with Crippen molar-refractivity contribution >= 4 is 11.6 Å². The van der Waals surface area contributed by atoms with Gasteiger partial charge >= 0.3 is 0 Å². The highest BCUT2D eigenvalue weighted by Crippen LogP contribution is 2.28. The van der Waals surface area contributed by atoms with Gasteiger partial charge in [0, 0.05) is 6.07 Å². The number of halogens is 2. The van der Waals surface area contributed by atoms with Gasteiger partial charge in [-0.1, -0.05) is 17.7 Å². The summed E-state index contributed by atoms with van der Waals surface area (Å²) in [5, 5.41) is 0.234. The first kappa shape index (κ1) is 10.8. The van der Waals surface area contributed by atoms with Crippen LogP contribution in [-0.4, -0.2) is 9.97 Å². The van der Waals surface area contributed by atoms with Gasteiger partial charge in [0.2, 0.25) is 0 Å². The van der Waals surface area contributed by atoms with E-state index < -0.39 is 5.82 Å². The number of nitrogens with one attached hydrogen (secondary N) is 1. The normalized spacial score (nSPS) is 10.4. The van der Waals surface area contributed by atoms with Crippen molar-refractivity contribution in [1.82, 2.24) is 9.97 Å². The van der Waals surface area contributed by atoms with Crippen LogP contribution in [0.25, 0.3) is 11.3 Å². The molecule has 0 amide bonds. The molecule has 0 spiro atoms. The lowest BCUT2D eigenvalue weighted by Gasteiger charge is -2.05. The van der Waals surface area contributed by atoms with Gasteiger partial charge in [0.25, 0.3) is 5.56 Å². The summed E-state index contributed by atoms with van der Waals surface area (Å²) in [5.74, 6) is -0.0770. The number of aromatic nitrogens is 2. The highest BCUT2D eigenvalue weighted by Gasteiger charge is 2.11. The maximum atomic E-state index is 13.6. The quantitative estimate of drug-likeness (QED) is 0.830. The zero-order valence-corrected chi connectivity index (χ0v) is 9.18. The maximum absolute atomic E-state index is 13.6. The molecule has 1 N–H and O–H groups in total. The van der Waals surface area contributed by atoms with Crippen molar-refractivity contribution in [2.24, 2.45) is 0 Å². The molecule has 1 aromatic heterocycles. The van der Waals surface area contributed by atoms with Crippen molar-refractivity contribution in [1.29, 1.82) is 0 Å². The third kappa shape index (κ3) is 1.97. The minimum absolute atomic E-state index is 0.151. The summed E-state index contributed by atoms with van der Waals surface area (Å²) in [7, 11) is 0. The van der Waals surface area contributed by atoms with Crippen LogP contribution >= 0.6 is 11.6 Å². The average molecular weight is 239 g/mol. The smallest absolute Gasteiger partial charge is 0.251 e. The van der Waals surface area contributed by atoms with Crippen LogP contribution in [0.4, 0.5) is 4.39 Å². The summed E-state index contributed by atoms with van der Waals surface area (Å²) in [6.07, 6.45) is 0. The Morgan fingerprint density at radius 3 is 2.81 bits per heavy atom. The first-order chi connectivity index (χ1) is 7.58. The van der Waals surface area contributed by atoms with Gasteiger partial charge in [-0.2, -0.15) is 0 Å². The van der Waals surface area contributed by atoms with E-state index in [-0.39, 0.29) is 21.8 Å². The van der Waals surface area contributed by atoms with Gasteiger partial charge in [-0.3, -0.25) is 4.79 Å². The molecule has 2 rings (SSSR count). The molecule has 16 heavy (non-hydrogen) atoms. The number of H-pyrrole nitrogens is 1. The molecule has 0 radical (unpaired) electrons. The Hall–Kier alpha value is -1.68. The molecule has 0 aliphatic rings. The van der Waals surface area contributed by atoms with E-state index in [1.54, 1.807) is 13.0 Å². The van der Waals surface area contributed by atoms with E-state index in [1.807, 2.05) is 0 Å². The number of aryl methyl sites for hydroxylation is 1. The molecule has 0 aliphatic carbocycles. The molecule has 0 saturated carbocycles. The molecule has 0 saturated heterocycles. The van der Waals surface area contributed by atoms with Crippen molar-refractivity contribution < 1.29 is 4.39 Å². The van der Waals surface area contributed by atoms with Crippen molar-refractivity contribution in [3.05, 3.63) is 51.3 Å². The van der Waals surface area contributed by atoms with Gasteiger partial charge in [-0.15, -0.1) is 0 Å². The minimum Gasteiger partial charge on any atom is -0.311 e. The van der Waals surface area contributed by atoms with Crippen molar-refractivity contribution in [3.8, 4) is 11.3 Å². The van der Waals surface area contributed by atoms with E-state index in [0.717, 1.165) is 0 Å². The Kier molecular flexibility index (Phi) is 2.75. The van der Waals surface area contributed by atoms with E-state index >= 15 is 0 Å². The standard InChI is InChI=1S/C11H8ClFN2O/c1-6-14-9(5-10(16)15-6)11-7(12)3-2-4-8(11)13/h2-5H,1H3,(H,14,15,16). The van der Waals surface area contributed by atoms with Crippen LogP contribution in [0.1, 0.15) is 5.82 Å². The number of aromatic amines is 1. The van der Waals surface area contributed by atoms with E-state index in [4.69, 9.17) is 11.6 Å². The van der Waals surface area contributed by atoms with E-state index in [9.17, 15) is 9.18 Å². The van der Waals surface area contributed by atoms with E-state index in [1.165, 1.54) is 18.2 Å². The fraction of sp³-hybridized carbons (Fsp3) is 0.0909. The van der Waals surface area contributed by atoms with Crippen LogP contribution in [0.2, 0.25) is 5.02 Å². The fourth-order valence-corrected chi connectivity index (χ4v) is 1.71. The summed E-state index contributed by atoms with van der Waals surface area (Å²) in [6, 6.07) is 5.55. The lowest BCUT2D eigenvalue weighted by atomic mass is 10.1.